The largest absolute Gasteiger partial charge is 0.379 e. The fourth-order valence-corrected chi connectivity index (χ4v) is 10.4. The zero-order valence-corrected chi connectivity index (χ0v) is 58.0. The third-order valence-electron chi connectivity index (χ3n) is 15.6. The lowest BCUT2D eigenvalue weighted by atomic mass is 9.89. The van der Waals surface area contributed by atoms with E-state index in [1.54, 1.807) is 0 Å². The van der Waals surface area contributed by atoms with Crippen LogP contribution in [0.3, 0.4) is 0 Å². The molecule has 6 heterocycles. The molecule has 12 nitrogen and oxygen atoms in total. The Balaban J connectivity index is 0. The molecule has 6 fully saturated rings. The number of hydrogen-bond donors (Lipinski definition) is 0. The summed E-state index contributed by atoms with van der Waals surface area (Å²) in [5.41, 5.74) is 2.93. The molecule has 6 aliphatic rings. The maximum atomic E-state index is 5.34. The highest BCUT2D eigenvalue weighted by Crippen LogP contribution is 2.25. The van der Waals surface area contributed by atoms with Gasteiger partial charge in [0.2, 0.25) is 0 Å². The monoisotopic (exact) mass is 1190 g/mol. The average molecular weight is 1190 g/mol. The number of rotatable bonds is 21. The summed E-state index contributed by atoms with van der Waals surface area (Å²) in [6.07, 6.45) is 20.4. The molecule has 502 valence electrons. The summed E-state index contributed by atoms with van der Waals surface area (Å²) in [6.45, 7) is 73.8. The van der Waals surface area contributed by atoms with E-state index < -0.39 is 0 Å². The van der Waals surface area contributed by atoms with Crippen LogP contribution in [-0.4, -0.2) is 226 Å². The Kier molecular flexibility index (Phi) is 49.3. The Labute approximate surface area is 521 Å². The summed E-state index contributed by atoms with van der Waals surface area (Å²) in [4.78, 5) is 15.1. The molecule has 12 heteroatoms. The quantitative estimate of drug-likeness (QED) is 0.103. The van der Waals surface area contributed by atoms with Crippen LogP contribution in [0.15, 0.2) is 0 Å². The zero-order valence-electron chi connectivity index (χ0n) is 58.0. The fraction of sp³-hybridized carbons (Fsp3) is 1.00. The summed E-state index contributed by atoms with van der Waals surface area (Å²) < 4.78 is 31.9. The Hall–Kier alpha value is -0.480. The number of nitrogens with zero attached hydrogens (tertiary/aromatic N) is 6. The second kappa shape index (κ2) is 48.4. The van der Waals surface area contributed by atoms with Crippen molar-refractivity contribution in [3.05, 3.63) is 0 Å². The van der Waals surface area contributed by atoms with Crippen molar-refractivity contribution in [1.82, 2.24) is 29.4 Å². The first kappa shape index (κ1) is 84.6. The van der Waals surface area contributed by atoms with Crippen molar-refractivity contribution in [3.63, 3.8) is 0 Å². The molecule has 0 saturated carbocycles. The zero-order chi connectivity index (χ0) is 60.5. The van der Waals surface area contributed by atoms with Gasteiger partial charge >= 0.3 is 0 Å². The predicted molar refractivity (Wildman–Crippen MR) is 363 cm³/mol. The molecule has 0 spiro atoms. The molecule has 6 rings (SSSR count). The second-order valence-corrected chi connectivity index (χ2v) is 31.8. The SMILES string of the molecule is C.C.CC(C)(C)CCCCCCN1CCOCC1.CC(C)(C)CCCCCN1CCOCC1.CC(C)(C)CCCCN1CCOCC1.CC(C)(C)CCCN1CCOCC1.CC(C)(C)CCN1CCOCC1.CC(C)(C)CN1CCOCC1. The summed E-state index contributed by atoms with van der Waals surface area (Å²) in [5, 5.41) is 0. The van der Waals surface area contributed by atoms with E-state index in [0.29, 0.717) is 32.5 Å². The van der Waals surface area contributed by atoms with Crippen LogP contribution in [-0.2, 0) is 28.4 Å². The molecular formula is C71H152N6O6. The normalized spacial score (nSPS) is 19.7. The minimum Gasteiger partial charge on any atom is -0.379 e. The Morgan fingerprint density at radius 2 is 0.398 bits per heavy atom. The molecule has 6 saturated heterocycles. The van der Waals surface area contributed by atoms with E-state index in [-0.39, 0.29) is 14.9 Å². The molecule has 0 aromatic rings. The highest BCUT2D eigenvalue weighted by molar-refractivity contribution is 4.73. The molecule has 0 unspecified atom stereocenters. The summed E-state index contributed by atoms with van der Waals surface area (Å²) in [7, 11) is 0. The topological polar surface area (TPSA) is 74.8 Å². The third kappa shape index (κ3) is 60.2. The lowest BCUT2D eigenvalue weighted by molar-refractivity contribution is 0.0236. The summed E-state index contributed by atoms with van der Waals surface area (Å²) >= 11 is 0. The van der Waals surface area contributed by atoms with Crippen LogP contribution >= 0.6 is 0 Å². The van der Waals surface area contributed by atoms with E-state index in [9.17, 15) is 0 Å². The Morgan fingerprint density at radius 1 is 0.205 bits per heavy atom. The van der Waals surface area contributed by atoms with Crippen LogP contribution in [0.2, 0.25) is 0 Å². The number of hydrogen-bond acceptors (Lipinski definition) is 12. The number of unbranched alkanes of at least 4 members (excludes halogenated alkanes) is 6. The van der Waals surface area contributed by atoms with Crippen LogP contribution < -0.4 is 0 Å². The van der Waals surface area contributed by atoms with E-state index in [4.69, 9.17) is 28.4 Å². The molecule has 0 amide bonds. The van der Waals surface area contributed by atoms with Gasteiger partial charge in [-0.25, -0.2) is 0 Å². The van der Waals surface area contributed by atoms with Crippen molar-refractivity contribution in [1.29, 1.82) is 0 Å². The van der Waals surface area contributed by atoms with Gasteiger partial charge in [0, 0.05) is 85.1 Å². The predicted octanol–water partition coefficient (Wildman–Crippen LogP) is 15.3. The average Bonchev–Trinajstić information content (AvgIpc) is 3.39. The minimum absolute atomic E-state index is 0. The molecule has 6 aliphatic heterocycles. The summed E-state index contributed by atoms with van der Waals surface area (Å²) in [5.74, 6) is 0. The Bertz CT molecular complexity index is 1380. The fourth-order valence-electron chi connectivity index (χ4n) is 10.4. The van der Waals surface area contributed by atoms with Gasteiger partial charge < -0.3 is 28.4 Å². The van der Waals surface area contributed by atoms with E-state index in [2.05, 4.69) is 154 Å². The van der Waals surface area contributed by atoms with E-state index in [1.807, 2.05) is 0 Å². The number of morpholine rings is 6. The molecule has 0 N–H and O–H groups in total. The standard InChI is InChI=1S/C14H29NO.C13H27NO.C12H25NO.C11H23NO.C10H21NO.C9H19NO.2CH4/c1-14(2,3)8-6-4-5-7-9-15-10-12-16-13-11-15;1-13(2,3)7-5-4-6-8-14-9-11-15-12-10-14;1-12(2,3)6-4-5-7-13-8-10-14-11-9-13;1-11(2,3)5-4-6-12-7-9-13-10-8-12;1-10(2,3)4-5-11-6-8-12-9-7-11;1-9(2,3)8-10-4-6-11-7-5-10;;/h4-13H2,1-3H3;4-12H2,1-3H3;4-11H2,1-3H3;4-10H2,1-3H3;4-9H2,1-3H3;4-8H2,1-3H3;2*1H4. The smallest absolute Gasteiger partial charge is 0.0594 e. The van der Waals surface area contributed by atoms with Crippen LogP contribution in [0.1, 0.15) is 236 Å². The number of ether oxygens (including phenoxy) is 6. The molecular weight excluding hydrogens is 1030 g/mol. The lowest BCUT2D eigenvalue weighted by Crippen LogP contribution is -2.41. The first-order chi connectivity index (χ1) is 38.0. The van der Waals surface area contributed by atoms with Gasteiger partial charge in [-0.15, -0.1) is 0 Å². The molecule has 0 aromatic carbocycles. The Morgan fingerprint density at radius 3 is 0.663 bits per heavy atom. The first-order valence-corrected chi connectivity index (χ1v) is 33.8. The molecule has 0 aliphatic carbocycles. The maximum Gasteiger partial charge on any atom is 0.0594 e. The van der Waals surface area contributed by atoms with Crippen molar-refractivity contribution < 1.29 is 28.4 Å². The van der Waals surface area contributed by atoms with Gasteiger partial charge in [0.25, 0.3) is 0 Å². The van der Waals surface area contributed by atoms with Crippen molar-refractivity contribution >= 4 is 0 Å². The van der Waals surface area contributed by atoms with Crippen LogP contribution in [0.4, 0.5) is 0 Å². The van der Waals surface area contributed by atoms with Gasteiger partial charge in [-0.05, 0) is 123 Å². The van der Waals surface area contributed by atoms with Crippen molar-refractivity contribution in [2.45, 2.75) is 236 Å². The van der Waals surface area contributed by atoms with Crippen molar-refractivity contribution in [2.75, 3.05) is 197 Å². The van der Waals surface area contributed by atoms with E-state index >= 15 is 0 Å². The van der Waals surface area contributed by atoms with Crippen LogP contribution in [0.5, 0.6) is 0 Å². The molecule has 0 aromatic heterocycles. The van der Waals surface area contributed by atoms with Gasteiger partial charge in [-0.2, -0.15) is 0 Å². The van der Waals surface area contributed by atoms with Crippen molar-refractivity contribution in [2.24, 2.45) is 32.5 Å². The van der Waals surface area contributed by atoms with E-state index in [0.717, 1.165) is 158 Å². The molecule has 0 bridgehead atoms. The minimum atomic E-state index is 0. The lowest BCUT2D eigenvalue weighted by Gasteiger charge is -2.32. The first-order valence-electron chi connectivity index (χ1n) is 33.8. The van der Waals surface area contributed by atoms with Gasteiger partial charge in [0.05, 0.1) is 79.3 Å². The highest BCUT2D eigenvalue weighted by atomic mass is 16.5. The molecule has 83 heavy (non-hydrogen) atoms. The van der Waals surface area contributed by atoms with Crippen LogP contribution in [0.25, 0.3) is 0 Å². The molecule has 0 radical (unpaired) electrons. The van der Waals surface area contributed by atoms with E-state index in [1.165, 1.54) is 136 Å². The molecule has 0 atom stereocenters. The third-order valence-corrected chi connectivity index (χ3v) is 15.6. The van der Waals surface area contributed by atoms with Gasteiger partial charge in [0.1, 0.15) is 0 Å². The van der Waals surface area contributed by atoms with Crippen LogP contribution in [0, 0.1) is 32.5 Å². The summed E-state index contributed by atoms with van der Waals surface area (Å²) in [6, 6.07) is 0. The van der Waals surface area contributed by atoms with Gasteiger partial charge in [0.15, 0.2) is 0 Å². The van der Waals surface area contributed by atoms with Gasteiger partial charge in [-0.1, -0.05) is 178 Å². The van der Waals surface area contributed by atoms with Crippen molar-refractivity contribution in [3.8, 4) is 0 Å². The highest BCUT2D eigenvalue weighted by Gasteiger charge is 2.20. The maximum absolute atomic E-state index is 5.34. The van der Waals surface area contributed by atoms with Gasteiger partial charge in [-0.3, -0.25) is 29.4 Å². The second-order valence-electron chi connectivity index (χ2n) is 31.8.